The molecule has 3 nitrogen and oxygen atoms in total. The van der Waals surface area contributed by atoms with Gasteiger partial charge in [0.25, 0.3) is 0 Å². The van der Waals surface area contributed by atoms with Crippen LogP contribution in [0.1, 0.15) is 24.0 Å². The molecule has 1 heterocycles. The summed E-state index contributed by atoms with van der Waals surface area (Å²) < 4.78 is 13.5. The minimum absolute atomic E-state index is 0.199. The predicted octanol–water partition coefficient (Wildman–Crippen LogP) is 1.13. The van der Waals surface area contributed by atoms with Crippen LogP contribution in [0.3, 0.4) is 0 Å². The highest BCUT2D eigenvalue weighted by Crippen LogP contribution is 2.15. The van der Waals surface area contributed by atoms with E-state index in [0.29, 0.717) is 12.1 Å². The van der Waals surface area contributed by atoms with Gasteiger partial charge in [0.2, 0.25) is 0 Å². The average Bonchev–Trinajstić information content (AvgIpc) is 2.38. The maximum absolute atomic E-state index is 13.5. The molecule has 0 unspecified atom stereocenters. The molecule has 0 aliphatic carbocycles. The van der Waals surface area contributed by atoms with E-state index in [1.807, 2.05) is 6.07 Å². The Morgan fingerprint density at radius 2 is 2.00 bits per heavy atom. The lowest BCUT2D eigenvalue weighted by molar-refractivity contribution is 0.0792. The number of nitrogens with zero attached hydrogens (tertiary/aromatic N) is 1. The molecule has 19 heavy (non-hydrogen) atoms. The fraction of sp³-hybridized carbons (Fsp3) is 0.467. The summed E-state index contributed by atoms with van der Waals surface area (Å²) >= 11 is 0. The van der Waals surface area contributed by atoms with Gasteiger partial charge in [-0.05, 0) is 36.6 Å². The van der Waals surface area contributed by atoms with E-state index in [4.69, 9.17) is 5.11 Å². The van der Waals surface area contributed by atoms with Crippen LogP contribution >= 0.6 is 0 Å². The second-order valence-corrected chi connectivity index (χ2v) is 4.82. The summed E-state index contributed by atoms with van der Waals surface area (Å²) in [6, 6.07) is 4.72. The minimum atomic E-state index is -0.309. The van der Waals surface area contributed by atoms with Gasteiger partial charge >= 0.3 is 0 Å². The Hall–Kier alpha value is -1.41. The number of piperidine rings is 1. The fourth-order valence-corrected chi connectivity index (χ4v) is 2.29. The summed E-state index contributed by atoms with van der Waals surface area (Å²) in [5, 5.41) is 18.1. The van der Waals surface area contributed by atoms with E-state index in [-0.39, 0.29) is 18.5 Å². The molecule has 1 aliphatic rings. The number of likely N-dealkylation sites (tertiary alicyclic amines) is 1. The van der Waals surface area contributed by atoms with Crippen LogP contribution in [-0.4, -0.2) is 40.9 Å². The molecule has 1 aromatic rings. The van der Waals surface area contributed by atoms with Crippen molar-refractivity contribution in [3.05, 3.63) is 35.1 Å². The van der Waals surface area contributed by atoms with Crippen LogP contribution < -0.4 is 0 Å². The standard InChI is InChI=1S/C15H18FNO2/c16-14-9-12(2-1-7-18)8-13(10-14)11-17-5-3-15(19)4-6-17/h8-10,15,18-19H,3-7,11H2. The van der Waals surface area contributed by atoms with Crippen LogP contribution in [0, 0.1) is 17.7 Å². The molecule has 0 radical (unpaired) electrons. The van der Waals surface area contributed by atoms with E-state index in [0.717, 1.165) is 31.5 Å². The second-order valence-electron chi connectivity index (χ2n) is 4.82. The summed E-state index contributed by atoms with van der Waals surface area (Å²) in [4.78, 5) is 2.20. The Morgan fingerprint density at radius 3 is 2.68 bits per heavy atom. The fourth-order valence-electron chi connectivity index (χ4n) is 2.29. The van der Waals surface area contributed by atoms with E-state index >= 15 is 0 Å². The Morgan fingerprint density at radius 1 is 1.26 bits per heavy atom. The van der Waals surface area contributed by atoms with Gasteiger partial charge in [0.15, 0.2) is 0 Å². The van der Waals surface area contributed by atoms with Crippen molar-refractivity contribution in [1.29, 1.82) is 0 Å². The van der Waals surface area contributed by atoms with E-state index < -0.39 is 0 Å². The van der Waals surface area contributed by atoms with Gasteiger partial charge in [-0.2, -0.15) is 0 Å². The number of rotatable bonds is 2. The highest BCUT2D eigenvalue weighted by Gasteiger charge is 2.17. The summed E-state index contributed by atoms with van der Waals surface area (Å²) in [6.45, 7) is 2.10. The normalized spacial score (nSPS) is 17.0. The molecule has 0 bridgehead atoms. The molecule has 0 spiro atoms. The maximum atomic E-state index is 13.5. The van der Waals surface area contributed by atoms with Crippen LogP contribution in [-0.2, 0) is 6.54 Å². The van der Waals surface area contributed by atoms with Crippen molar-refractivity contribution in [2.45, 2.75) is 25.5 Å². The molecular formula is C15H18FNO2. The third-order valence-electron chi connectivity index (χ3n) is 3.23. The molecule has 2 N–H and O–H groups in total. The van der Waals surface area contributed by atoms with E-state index in [1.54, 1.807) is 0 Å². The van der Waals surface area contributed by atoms with Gasteiger partial charge in [0, 0.05) is 25.2 Å². The first-order valence-electron chi connectivity index (χ1n) is 6.47. The van der Waals surface area contributed by atoms with Gasteiger partial charge in [-0.1, -0.05) is 11.8 Å². The van der Waals surface area contributed by atoms with Crippen molar-refractivity contribution in [3.8, 4) is 11.8 Å². The zero-order valence-electron chi connectivity index (χ0n) is 10.8. The molecule has 0 saturated carbocycles. The van der Waals surface area contributed by atoms with Crippen LogP contribution in [0.15, 0.2) is 18.2 Å². The van der Waals surface area contributed by atoms with Crippen molar-refractivity contribution in [1.82, 2.24) is 4.90 Å². The zero-order valence-corrected chi connectivity index (χ0v) is 10.8. The molecule has 0 atom stereocenters. The summed E-state index contributed by atoms with van der Waals surface area (Å²) in [5.41, 5.74) is 1.46. The van der Waals surface area contributed by atoms with Gasteiger partial charge in [0.1, 0.15) is 12.4 Å². The highest BCUT2D eigenvalue weighted by atomic mass is 19.1. The van der Waals surface area contributed by atoms with E-state index in [9.17, 15) is 9.50 Å². The van der Waals surface area contributed by atoms with Crippen molar-refractivity contribution in [3.63, 3.8) is 0 Å². The summed E-state index contributed by atoms with van der Waals surface area (Å²) in [5.74, 6) is 4.93. The van der Waals surface area contributed by atoms with Crippen molar-refractivity contribution in [2.75, 3.05) is 19.7 Å². The van der Waals surface area contributed by atoms with Crippen LogP contribution in [0.5, 0.6) is 0 Å². The van der Waals surface area contributed by atoms with Gasteiger partial charge in [-0.25, -0.2) is 4.39 Å². The summed E-state index contributed by atoms with van der Waals surface area (Å²) in [7, 11) is 0. The average molecular weight is 263 g/mol. The molecule has 102 valence electrons. The quantitative estimate of drug-likeness (QED) is 0.786. The first-order chi connectivity index (χ1) is 9.17. The van der Waals surface area contributed by atoms with E-state index in [2.05, 4.69) is 16.7 Å². The lowest BCUT2D eigenvalue weighted by atomic mass is 10.1. The number of hydrogen-bond acceptors (Lipinski definition) is 3. The van der Waals surface area contributed by atoms with Gasteiger partial charge < -0.3 is 10.2 Å². The molecule has 2 rings (SSSR count). The summed E-state index contributed by atoms with van der Waals surface area (Å²) in [6.07, 6.45) is 1.34. The first-order valence-corrected chi connectivity index (χ1v) is 6.47. The number of halogens is 1. The maximum Gasteiger partial charge on any atom is 0.124 e. The lowest BCUT2D eigenvalue weighted by Crippen LogP contribution is -2.35. The SMILES string of the molecule is OCC#Cc1cc(F)cc(CN2CCC(O)CC2)c1. The molecule has 1 aliphatic heterocycles. The lowest BCUT2D eigenvalue weighted by Gasteiger charge is -2.29. The largest absolute Gasteiger partial charge is 0.393 e. The molecule has 0 amide bonds. The number of benzene rings is 1. The third kappa shape index (κ3) is 4.32. The Balaban J connectivity index is 2.05. The topological polar surface area (TPSA) is 43.7 Å². The van der Waals surface area contributed by atoms with Gasteiger partial charge in [-0.15, -0.1) is 0 Å². The van der Waals surface area contributed by atoms with Gasteiger partial charge in [0.05, 0.1) is 6.10 Å². The molecule has 0 aromatic heterocycles. The third-order valence-corrected chi connectivity index (χ3v) is 3.23. The Kier molecular flexibility index (Phi) is 4.92. The van der Waals surface area contributed by atoms with Crippen molar-refractivity contribution in [2.24, 2.45) is 0 Å². The monoisotopic (exact) mass is 263 g/mol. The van der Waals surface area contributed by atoms with Crippen LogP contribution in [0.25, 0.3) is 0 Å². The van der Waals surface area contributed by atoms with Crippen LogP contribution in [0.4, 0.5) is 4.39 Å². The highest BCUT2D eigenvalue weighted by molar-refractivity contribution is 5.37. The van der Waals surface area contributed by atoms with Crippen molar-refractivity contribution < 1.29 is 14.6 Å². The smallest absolute Gasteiger partial charge is 0.124 e. The molecule has 4 heteroatoms. The Labute approximate surface area is 112 Å². The minimum Gasteiger partial charge on any atom is -0.393 e. The van der Waals surface area contributed by atoms with E-state index in [1.165, 1.54) is 12.1 Å². The van der Waals surface area contributed by atoms with Crippen LogP contribution in [0.2, 0.25) is 0 Å². The predicted molar refractivity (Wildman–Crippen MR) is 70.9 cm³/mol. The zero-order chi connectivity index (χ0) is 13.7. The second kappa shape index (κ2) is 6.67. The number of aliphatic hydroxyl groups is 2. The Bertz CT molecular complexity index is 485. The molecule has 1 aromatic carbocycles. The number of aliphatic hydroxyl groups excluding tert-OH is 2. The van der Waals surface area contributed by atoms with Gasteiger partial charge in [-0.3, -0.25) is 4.90 Å². The number of hydrogen-bond donors (Lipinski definition) is 2. The van der Waals surface area contributed by atoms with Crippen molar-refractivity contribution >= 4 is 0 Å². The first kappa shape index (κ1) is 14.0. The molecule has 1 saturated heterocycles. The molecular weight excluding hydrogens is 245 g/mol. The molecule has 1 fully saturated rings.